The van der Waals surface area contributed by atoms with Gasteiger partial charge in [0.1, 0.15) is 11.6 Å². The average molecular weight is 310 g/mol. The lowest BCUT2D eigenvalue weighted by molar-refractivity contribution is -0.140. The molecule has 6 heteroatoms. The lowest BCUT2D eigenvalue weighted by Gasteiger charge is -2.37. The van der Waals surface area contributed by atoms with Crippen molar-refractivity contribution < 1.29 is 18.4 Å². The Bertz CT molecular complexity index is 588. The first-order valence-corrected chi connectivity index (χ1v) is 7.24. The number of hydrogen-bond donors (Lipinski definition) is 0. The molecule has 2 rings (SSSR count). The van der Waals surface area contributed by atoms with Crippen molar-refractivity contribution in [3.05, 3.63) is 35.4 Å². The molecule has 4 nitrogen and oxygen atoms in total. The number of nitrogens with zero attached hydrogens (tertiary/aromatic N) is 2. The van der Waals surface area contributed by atoms with Gasteiger partial charge in [0.15, 0.2) is 0 Å². The SMILES string of the molecule is CC(C)(C)C(=O)N1CCN(C(=O)c2ccc(F)cc2F)CC1. The number of carbonyl (C=O) groups is 2. The van der Waals surface area contributed by atoms with Gasteiger partial charge in [-0.2, -0.15) is 0 Å². The van der Waals surface area contributed by atoms with Crippen LogP contribution in [-0.4, -0.2) is 47.8 Å². The molecule has 1 saturated heterocycles. The predicted molar refractivity (Wildman–Crippen MR) is 78.3 cm³/mol. The van der Waals surface area contributed by atoms with Gasteiger partial charge >= 0.3 is 0 Å². The highest BCUT2D eigenvalue weighted by Gasteiger charge is 2.31. The molecule has 0 aliphatic carbocycles. The second-order valence-electron chi connectivity index (χ2n) is 6.46. The largest absolute Gasteiger partial charge is 0.339 e. The summed E-state index contributed by atoms with van der Waals surface area (Å²) in [4.78, 5) is 27.6. The smallest absolute Gasteiger partial charge is 0.256 e. The number of rotatable bonds is 1. The van der Waals surface area contributed by atoms with Crippen molar-refractivity contribution in [1.29, 1.82) is 0 Å². The summed E-state index contributed by atoms with van der Waals surface area (Å²) in [5.74, 6) is -2.01. The van der Waals surface area contributed by atoms with E-state index in [2.05, 4.69) is 0 Å². The highest BCUT2D eigenvalue weighted by atomic mass is 19.1. The summed E-state index contributed by atoms with van der Waals surface area (Å²) in [5.41, 5.74) is -0.605. The van der Waals surface area contributed by atoms with Crippen LogP contribution in [0.4, 0.5) is 8.78 Å². The molecule has 1 aliphatic rings. The van der Waals surface area contributed by atoms with Crippen LogP contribution < -0.4 is 0 Å². The van der Waals surface area contributed by atoms with Crippen molar-refractivity contribution in [1.82, 2.24) is 9.80 Å². The Morgan fingerprint density at radius 1 is 1.00 bits per heavy atom. The highest BCUT2D eigenvalue weighted by Crippen LogP contribution is 2.19. The number of benzene rings is 1. The van der Waals surface area contributed by atoms with Gasteiger partial charge in [-0.05, 0) is 12.1 Å². The molecule has 2 amide bonds. The molecule has 1 aromatic carbocycles. The molecule has 0 aromatic heterocycles. The Morgan fingerprint density at radius 2 is 1.55 bits per heavy atom. The molecular weight excluding hydrogens is 290 g/mol. The molecule has 22 heavy (non-hydrogen) atoms. The molecule has 0 unspecified atom stereocenters. The second kappa shape index (κ2) is 6.02. The number of hydrogen-bond acceptors (Lipinski definition) is 2. The first kappa shape index (κ1) is 16.4. The first-order valence-electron chi connectivity index (χ1n) is 7.24. The molecule has 0 saturated carbocycles. The van der Waals surface area contributed by atoms with Crippen molar-refractivity contribution in [2.45, 2.75) is 20.8 Å². The van der Waals surface area contributed by atoms with Gasteiger partial charge in [0.25, 0.3) is 5.91 Å². The topological polar surface area (TPSA) is 40.6 Å². The lowest BCUT2D eigenvalue weighted by atomic mass is 9.94. The Labute approximate surface area is 128 Å². The van der Waals surface area contributed by atoms with Crippen molar-refractivity contribution in [3.8, 4) is 0 Å². The maximum atomic E-state index is 13.7. The van der Waals surface area contributed by atoms with Gasteiger partial charge in [0, 0.05) is 37.7 Å². The van der Waals surface area contributed by atoms with E-state index in [0.29, 0.717) is 32.2 Å². The molecule has 0 atom stereocenters. The predicted octanol–water partition coefficient (Wildman–Crippen LogP) is 2.30. The monoisotopic (exact) mass is 310 g/mol. The second-order valence-corrected chi connectivity index (χ2v) is 6.46. The molecule has 0 bridgehead atoms. The summed E-state index contributed by atoms with van der Waals surface area (Å²) in [6.45, 7) is 7.08. The third-order valence-corrected chi connectivity index (χ3v) is 3.66. The molecular formula is C16H20F2N2O2. The van der Waals surface area contributed by atoms with E-state index in [1.807, 2.05) is 20.8 Å². The summed E-state index contributed by atoms with van der Waals surface area (Å²) in [7, 11) is 0. The third kappa shape index (κ3) is 3.43. The Morgan fingerprint density at radius 3 is 2.05 bits per heavy atom. The van der Waals surface area contributed by atoms with Gasteiger partial charge in [-0.3, -0.25) is 9.59 Å². The van der Waals surface area contributed by atoms with Gasteiger partial charge in [0.05, 0.1) is 5.56 Å². The summed E-state index contributed by atoms with van der Waals surface area (Å²) in [5, 5.41) is 0. The molecule has 1 fully saturated rings. The molecule has 120 valence electrons. The van der Waals surface area contributed by atoms with E-state index in [4.69, 9.17) is 0 Å². The minimum absolute atomic E-state index is 0.0348. The summed E-state index contributed by atoms with van der Waals surface area (Å²) in [6.07, 6.45) is 0. The number of amides is 2. The Hall–Kier alpha value is -1.98. The minimum atomic E-state index is -0.863. The van der Waals surface area contributed by atoms with Crippen LogP contribution in [0.5, 0.6) is 0 Å². The fraction of sp³-hybridized carbons (Fsp3) is 0.500. The van der Waals surface area contributed by atoms with E-state index in [9.17, 15) is 18.4 Å². The van der Waals surface area contributed by atoms with Crippen LogP contribution in [0, 0.1) is 17.0 Å². The van der Waals surface area contributed by atoms with E-state index in [1.54, 1.807) is 4.90 Å². The van der Waals surface area contributed by atoms with E-state index in [0.717, 1.165) is 12.1 Å². The summed E-state index contributed by atoms with van der Waals surface area (Å²) >= 11 is 0. The molecule has 1 aromatic rings. The highest BCUT2D eigenvalue weighted by molar-refractivity contribution is 5.94. The van der Waals surface area contributed by atoms with Gasteiger partial charge in [0.2, 0.25) is 5.91 Å². The molecule has 0 radical (unpaired) electrons. The van der Waals surface area contributed by atoms with E-state index < -0.39 is 23.0 Å². The van der Waals surface area contributed by atoms with Crippen molar-refractivity contribution in [3.63, 3.8) is 0 Å². The lowest BCUT2D eigenvalue weighted by Crippen LogP contribution is -2.53. The number of piperazine rings is 1. The number of halogens is 2. The first-order chi connectivity index (χ1) is 10.2. The van der Waals surface area contributed by atoms with Crippen LogP contribution in [0.1, 0.15) is 31.1 Å². The molecule has 0 N–H and O–H groups in total. The van der Waals surface area contributed by atoms with Crippen LogP contribution in [0.25, 0.3) is 0 Å². The Balaban J connectivity index is 2.02. The van der Waals surface area contributed by atoms with Crippen LogP contribution >= 0.6 is 0 Å². The molecule has 0 spiro atoms. The van der Waals surface area contributed by atoms with Gasteiger partial charge in [-0.1, -0.05) is 20.8 Å². The van der Waals surface area contributed by atoms with Crippen molar-refractivity contribution >= 4 is 11.8 Å². The average Bonchev–Trinajstić information content (AvgIpc) is 2.45. The standard InChI is InChI=1S/C16H20F2N2O2/c1-16(2,3)15(22)20-8-6-19(7-9-20)14(21)12-5-4-11(17)10-13(12)18/h4-5,10H,6-9H2,1-3H3. The molecule has 1 aliphatic heterocycles. The van der Waals surface area contributed by atoms with E-state index >= 15 is 0 Å². The molecule has 1 heterocycles. The summed E-state index contributed by atoms with van der Waals surface area (Å²) in [6, 6.07) is 2.92. The minimum Gasteiger partial charge on any atom is -0.339 e. The zero-order valence-corrected chi connectivity index (χ0v) is 13.0. The van der Waals surface area contributed by atoms with Gasteiger partial charge in [-0.15, -0.1) is 0 Å². The van der Waals surface area contributed by atoms with Crippen molar-refractivity contribution in [2.75, 3.05) is 26.2 Å². The zero-order chi connectivity index (χ0) is 16.5. The summed E-state index contributed by atoms with van der Waals surface area (Å²) < 4.78 is 26.6. The van der Waals surface area contributed by atoms with E-state index in [1.165, 1.54) is 4.90 Å². The van der Waals surface area contributed by atoms with Crippen LogP contribution in [0.15, 0.2) is 18.2 Å². The Kier molecular flexibility index (Phi) is 4.49. The quantitative estimate of drug-likeness (QED) is 0.798. The fourth-order valence-corrected chi connectivity index (χ4v) is 2.42. The maximum absolute atomic E-state index is 13.7. The third-order valence-electron chi connectivity index (χ3n) is 3.66. The van der Waals surface area contributed by atoms with E-state index in [-0.39, 0.29) is 11.5 Å². The van der Waals surface area contributed by atoms with Crippen molar-refractivity contribution in [2.24, 2.45) is 5.41 Å². The van der Waals surface area contributed by atoms with Crippen LogP contribution in [0.2, 0.25) is 0 Å². The zero-order valence-electron chi connectivity index (χ0n) is 13.0. The van der Waals surface area contributed by atoms with Crippen LogP contribution in [0.3, 0.4) is 0 Å². The maximum Gasteiger partial charge on any atom is 0.256 e. The van der Waals surface area contributed by atoms with Crippen LogP contribution in [-0.2, 0) is 4.79 Å². The normalized spacial score (nSPS) is 15.9. The fourth-order valence-electron chi connectivity index (χ4n) is 2.42. The van der Waals surface area contributed by atoms with Gasteiger partial charge in [-0.25, -0.2) is 8.78 Å². The number of carbonyl (C=O) groups excluding carboxylic acids is 2. The van der Waals surface area contributed by atoms with Gasteiger partial charge < -0.3 is 9.80 Å².